The number of hydrogen-bond acceptors (Lipinski definition) is 15. The first-order valence-corrected chi connectivity index (χ1v) is 15.1. The maximum atomic E-state index is 12.0. The Balaban J connectivity index is 7.35. The minimum absolute atomic E-state index is 0.144. The third kappa shape index (κ3) is 13.4. The average Bonchev–Trinajstić information content (AvgIpc) is 3.05. The van der Waals surface area contributed by atoms with E-state index in [9.17, 15) is 44.1 Å². The van der Waals surface area contributed by atoms with Gasteiger partial charge in [-0.15, -0.1) is 0 Å². The van der Waals surface area contributed by atoms with Crippen LogP contribution in [0.25, 0.3) is 0 Å². The zero-order valence-corrected chi connectivity index (χ0v) is 25.6. The molecule has 0 amide bonds. The van der Waals surface area contributed by atoms with Gasteiger partial charge in [0.25, 0.3) is 0 Å². The number of isocyanates is 6. The number of carbonyl (C=O) groups excluding carboxylic acids is 6. The van der Waals surface area contributed by atoms with Crippen LogP contribution in [0.1, 0.15) is 83.5 Å². The van der Waals surface area contributed by atoms with E-state index < -0.39 is 48.8 Å². The van der Waals surface area contributed by atoms with Crippen molar-refractivity contribution in [2.75, 3.05) is 39.5 Å². The van der Waals surface area contributed by atoms with Gasteiger partial charge in [0.1, 0.15) is 0 Å². The van der Waals surface area contributed by atoms with Crippen molar-refractivity contribution in [1.82, 2.24) is 0 Å². The molecule has 3 atom stereocenters. The fourth-order valence-corrected chi connectivity index (χ4v) is 6.31. The first-order chi connectivity index (χ1) is 22.0. The van der Waals surface area contributed by atoms with Gasteiger partial charge < -0.3 is 15.3 Å². The van der Waals surface area contributed by atoms with Crippen LogP contribution in [0.2, 0.25) is 0 Å². The molecular weight excluding hydrogens is 588 g/mol. The maximum Gasteiger partial charge on any atom is 0.235 e. The molecule has 0 aromatic carbocycles. The fraction of sp³-hybridized carbons (Fsp3) is 0.800. The van der Waals surface area contributed by atoms with E-state index in [1.54, 1.807) is 18.2 Å². The molecular formula is C30H44N6O9. The van der Waals surface area contributed by atoms with Gasteiger partial charge in [0.15, 0.2) is 0 Å². The largest absolute Gasteiger partial charge is 0.396 e. The molecule has 0 aliphatic heterocycles. The SMILES string of the molecule is O=C=NCCCCCC(N=C=O)C(C(CCCCCN=C=O)N=C=O)(C(CCCCCN=C=O)N=C=O)C(CO)(CO)CCO. The van der Waals surface area contributed by atoms with E-state index in [1.807, 2.05) is 0 Å². The highest BCUT2D eigenvalue weighted by molar-refractivity contribution is 5.39. The Morgan fingerprint density at radius 2 is 0.800 bits per heavy atom. The topological polar surface area (TPSA) is 237 Å². The number of aliphatic hydroxyl groups is 3. The Morgan fingerprint density at radius 1 is 0.467 bits per heavy atom. The predicted molar refractivity (Wildman–Crippen MR) is 161 cm³/mol. The summed E-state index contributed by atoms with van der Waals surface area (Å²) in [5, 5.41) is 32.1. The monoisotopic (exact) mass is 632 g/mol. The van der Waals surface area contributed by atoms with Crippen LogP contribution in [0.4, 0.5) is 0 Å². The Bertz CT molecular complexity index is 1000. The number of rotatable bonds is 29. The highest BCUT2D eigenvalue weighted by Gasteiger charge is 2.63. The van der Waals surface area contributed by atoms with Gasteiger partial charge in [-0.3, -0.25) is 0 Å². The molecule has 0 heterocycles. The molecule has 0 saturated heterocycles. The maximum absolute atomic E-state index is 12.0. The summed E-state index contributed by atoms with van der Waals surface area (Å²) in [6.07, 6.45) is 13.7. The van der Waals surface area contributed by atoms with Crippen LogP contribution >= 0.6 is 0 Å². The lowest BCUT2D eigenvalue weighted by Gasteiger charge is -2.56. The number of aliphatic hydroxyl groups excluding tert-OH is 3. The second kappa shape index (κ2) is 26.6. The lowest BCUT2D eigenvalue weighted by Crippen LogP contribution is -2.65. The number of hydrogen-bond donors (Lipinski definition) is 3. The minimum Gasteiger partial charge on any atom is -0.396 e. The van der Waals surface area contributed by atoms with E-state index >= 15 is 0 Å². The molecule has 0 aliphatic rings. The van der Waals surface area contributed by atoms with E-state index in [2.05, 4.69) is 30.0 Å². The smallest absolute Gasteiger partial charge is 0.235 e. The van der Waals surface area contributed by atoms with Crippen molar-refractivity contribution in [2.24, 2.45) is 40.8 Å². The van der Waals surface area contributed by atoms with Crippen molar-refractivity contribution in [3.8, 4) is 0 Å². The predicted octanol–water partition coefficient (Wildman–Crippen LogP) is 2.13. The summed E-state index contributed by atoms with van der Waals surface area (Å²) in [7, 11) is 0. The summed E-state index contributed by atoms with van der Waals surface area (Å²) < 4.78 is 0. The molecule has 15 nitrogen and oxygen atoms in total. The number of nitrogens with zero attached hydrogens (tertiary/aromatic N) is 6. The van der Waals surface area contributed by atoms with E-state index in [-0.39, 0.29) is 45.3 Å². The highest BCUT2D eigenvalue weighted by atomic mass is 16.3. The molecule has 0 aromatic rings. The van der Waals surface area contributed by atoms with Crippen LogP contribution in [0.3, 0.4) is 0 Å². The van der Waals surface area contributed by atoms with Crippen LogP contribution in [0, 0.1) is 10.8 Å². The Morgan fingerprint density at radius 3 is 1.04 bits per heavy atom. The van der Waals surface area contributed by atoms with E-state index in [0.29, 0.717) is 57.8 Å². The molecule has 0 radical (unpaired) electrons. The van der Waals surface area contributed by atoms with Crippen LogP contribution in [0.5, 0.6) is 0 Å². The summed E-state index contributed by atoms with van der Waals surface area (Å²) in [5.41, 5.74) is -3.37. The molecule has 45 heavy (non-hydrogen) atoms. The van der Waals surface area contributed by atoms with Gasteiger partial charge in [-0.25, -0.2) is 58.7 Å². The summed E-state index contributed by atoms with van der Waals surface area (Å²) in [6, 6.07) is -3.34. The number of unbranched alkanes of at least 4 members (excludes halogenated alkanes) is 6. The molecule has 0 saturated carbocycles. The average molecular weight is 633 g/mol. The molecule has 248 valence electrons. The third-order valence-electron chi connectivity index (χ3n) is 8.33. The van der Waals surface area contributed by atoms with Crippen LogP contribution in [0.15, 0.2) is 30.0 Å². The molecule has 3 N–H and O–H groups in total. The minimum atomic E-state index is -1.70. The van der Waals surface area contributed by atoms with Gasteiger partial charge in [-0.1, -0.05) is 38.5 Å². The van der Waals surface area contributed by atoms with Gasteiger partial charge in [0, 0.05) is 12.0 Å². The van der Waals surface area contributed by atoms with E-state index in [0.717, 1.165) is 0 Å². The molecule has 0 bridgehead atoms. The number of aliphatic imine (C=N–C) groups is 6. The first-order valence-electron chi connectivity index (χ1n) is 15.1. The van der Waals surface area contributed by atoms with Gasteiger partial charge in [0.05, 0.1) is 56.4 Å². The quantitative estimate of drug-likeness (QED) is 0.0621. The van der Waals surface area contributed by atoms with Gasteiger partial charge in [-0.2, -0.15) is 0 Å². The van der Waals surface area contributed by atoms with E-state index in [1.165, 1.54) is 18.2 Å². The van der Waals surface area contributed by atoms with E-state index in [4.69, 9.17) is 0 Å². The summed E-state index contributed by atoms with van der Waals surface area (Å²) in [5.74, 6) is 0. The normalized spacial score (nSPS) is 13.9. The van der Waals surface area contributed by atoms with Crippen molar-refractivity contribution < 1.29 is 44.1 Å². The van der Waals surface area contributed by atoms with Gasteiger partial charge in [-0.05, 0) is 44.9 Å². The van der Waals surface area contributed by atoms with Crippen LogP contribution < -0.4 is 0 Å². The van der Waals surface area contributed by atoms with Gasteiger partial charge in [0.2, 0.25) is 36.5 Å². The highest BCUT2D eigenvalue weighted by Crippen LogP contribution is 2.56. The summed E-state index contributed by atoms with van der Waals surface area (Å²) >= 11 is 0. The van der Waals surface area contributed by atoms with Crippen LogP contribution in [-0.2, 0) is 28.8 Å². The lowest BCUT2D eigenvalue weighted by molar-refractivity contribution is -0.118. The zero-order valence-electron chi connectivity index (χ0n) is 25.6. The zero-order chi connectivity index (χ0) is 33.7. The molecule has 0 spiro atoms. The van der Waals surface area contributed by atoms with Gasteiger partial charge >= 0.3 is 0 Å². The molecule has 0 aromatic heterocycles. The summed E-state index contributed by atoms with van der Waals surface area (Å²) in [6.45, 7) is -1.32. The fourth-order valence-electron chi connectivity index (χ4n) is 6.31. The Hall–Kier alpha value is -3.84. The molecule has 0 rings (SSSR count). The molecule has 0 aliphatic carbocycles. The molecule has 15 heteroatoms. The van der Waals surface area contributed by atoms with Crippen molar-refractivity contribution in [1.29, 1.82) is 0 Å². The third-order valence-corrected chi connectivity index (χ3v) is 8.33. The van der Waals surface area contributed by atoms with Crippen molar-refractivity contribution in [3.05, 3.63) is 0 Å². The van der Waals surface area contributed by atoms with Crippen molar-refractivity contribution in [2.45, 2.75) is 102 Å². The Kier molecular flexibility index (Phi) is 24.3. The van der Waals surface area contributed by atoms with Crippen molar-refractivity contribution >= 4 is 36.5 Å². The summed E-state index contributed by atoms with van der Waals surface area (Å²) in [4.78, 5) is 90.2. The van der Waals surface area contributed by atoms with Crippen LogP contribution in [-0.4, -0.2) is 109 Å². The Labute approximate surface area is 262 Å². The first kappa shape index (κ1) is 41.2. The lowest BCUT2D eigenvalue weighted by atomic mass is 9.50. The molecule has 3 unspecified atom stereocenters. The standard InChI is InChI=1S/C30H44N6O9/c37-17-13-29(18-38,19-39)30(26(34-23-43)10-4-1-7-14-31-20-40,27(35-24-44)11-5-2-8-15-32-21-41)28(36-25-45)12-6-3-9-16-33-22-42/h26-28,37-39H,1-19H2. The van der Waals surface area contributed by atoms with Crippen molar-refractivity contribution in [3.63, 3.8) is 0 Å². The second-order valence-corrected chi connectivity index (χ2v) is 10.7. The molecule has 0 fully saturated rings. The second-order valence-electron chi connectivity index (χ2n) is 10.7.